The number of ether oxygens (including phenoxy) is 3. The topological polar surface area (TPSA) is 160 Å². The molecule has 1 aromatic heterocycles. The van der Waals surface area contributed by atoms with Crippen molar-refractivity contribution < 1.29 is 46.7 Å². The number of furan rings is 1. The van der Waals surface area contributed by atoms with E-state index in [1.807, 2.05) is 0 Å². The molecule has 1 aliphatic rings. The van der Waals surface area contributed by atoms with Crippen molar-refractivity contribution in [2.75, 3.05) is 26.4 Å². The molecule has 0 aliphatic carbocycles. The molecule has 57 heavy (non-hydrogen) atoms. The minimum absolute atomic E-state index is 0.0360. The molecule has 2 rings (SSSR count). The van der Waals surface area contributed by atoms with Crippen LogP contribution in [0.25, 0.3) is 0 Å². The van der Waals surface area contributed by atoms with Crippen molar-refractivity contribution in [2.24, 2.45) is 5.73 Å². The standard InChI is InChI=1S/C45H76NO10P/c1-5-7-8-9-10-11-15-18-23-29-42-43(56-42)30-24-20-21-25-31-44(47)51-35-39(36-53-57(49,50)52-34-33-46)54-45(48)32-26-19-16-13-12-14-17-22-28-41-38(4)37(3)40(55-41)27-6-2/h10-11,18,20,23-24,39,42-43H,5-9,12-17,19,21-22,25-36,46H2,1-4H3,(H,49,50)/b11-10-,23-18-,24-20-/t39-,42?,43?/m1/s1. The Morgan fingerprint density at radius 3 is 2.00 bits per heavy atom. The number of aryl methyl sites for hydroxylation is 2. The normalized spacial score (nSPS) is 17.2. The summed E-state index contributed by atoms with van der Waals surface area (Å²) in [6, 6.07) is 0. The molecule has 1 aromatic rings. The van der Waals surface area contributed by atoms with E-state index in [0.29, 0.717) is 12.8 Å². The maximum absolute atomic E-state index is 12.6. The lowest BCUT2D eigenvalue weighted by atomic mass is 10.0. The third-order valence-corrected chi connectivity index (χ3v) is 11.1. The Morgan fingerprint density at radius 2 is 1.32 bits per heavy atom. The van der Waals surface area contributed by atoms with Gasteiger partial charge in [-0.1, -0.05) is 102 Å². The molecule has 1 fully saturated rings. The summed E-state index contributed by atoms with van der Waals surface area (Å²) in [5.74, 6) is 1.36. The number of carbonyl (C=O) groups excluding carboxylic acids is 2. The van der Waals surface area contributed by atoms with E-state index in [0.717, 1.165) is 95.0 Å². The summed E-state index contributed by atoms with van der Waals surface area (Å²) in [4.78, 5) is 35.0. The Labute approximate surface area is 344 Å². The monoisotopic (exact) mass is 822 g/mol. The lowest BCUT2D eigenvalue weighted by Gasteiger charge is -2.19. The summed E-state index contributed by atoms with van der Waals surface area (Å²) in [6.45, 7) is 7.83. The predicted molar refractivity (Wildman–Crippen MR) is 227 cm³/mol. The van der Waals surface area contributed by atoms with Gasteiger partial charge in [0.25, 0.3) is 0 Å². The highest BCUT2D eigenvalue weighted by atomic mass is 31.2. The number of rotatable bonds is 36. The minimum atomic E-state index is -4.41. The Hall–Kier alpha value is -2.53. The first-order valence-corrected chi connectivity index (χ1v) is 23.4. The van der Waals surface area contributed by atoms with Gasteiger partial charge in [0.1, 0.15) is 18.1 Å². The summed E-state index contributed by atoms with van der Waals surface area (Å²) >= 11 is 0. The smallest absolute Gasteiger partial charge is 0.466 e. The van der Waals surface area contributed by atoms with Crippen molar-refractivity contribution in [1.82, 2.24) is 0 Å². The molecular weight excluding hydrogens is 745 g/mol. The number of phosphoric acid groups is 1. The van der Waals surface area contributed by atoms with Crippen LogP contribution in [0.1, 0.15) is 165 Å². The first kappa shape index (κ1) is 50.6. The molecule has 0 aromatic carbocycles. The second kappa shape index (κ2) is 31.4. The molecule has 1 saturated heterocycles. The van der Waals surface area contributed by atoms with Crippen LogP contribution in [0.5, 0.6) is 0 Å². The van der Waals surface area contributed by atoms with Gasteiger partial charge in [0.05, 0.1) is 25.4 Å². The summed E-state index contributed by atoms with van der Waals surface area (Å²) in [6.07, 6.45) is 33.4. The molecule has 12 heteroatoms. The van der Waals surface area contributed by atoms with Gasteiger partial charge < -0.3 is 29.3 Å². The van der Waals surface area contributed by atoms with Crippen molar-refractivity contribution in [3.63, 3.8) is 0 Å². The Bertz CT molecular complexity index is 1370. The van der Waals surface area contributed by atoms with Gasteiger partial charge >= 0.3 is 19.8 Å². The second-order valence-electron chi connectivity index (χ2n) is 15.2. The Balaban J connectivity index is 1.59. The third kappa shape index (κ3) is 24.9. The van der Waals surface area contributed by atoms with E-state index in [2.05, 4.69) is 64.2 Å². The average Bonchev–Trinajstić information content (AvgIpc) is 3.89. The third-order valence-electron chi connectivity index (χ3n) is 10.1. The van der Waals surface area contributed by atoms with Gasteiger partial charge in [-0.2, -0.15) is 0 Å². The number of hydrogen-bond donors (Lipinski definition) is 2. The van der Waals surface area contributed by atoms with Gasteiger partial charge in [0, 0.05) is 32.2 Å². The average molecular weight is 822 g/mol. The first-order chi connectivity index (χ1) is 27.6. The number of phosphoric ester groups is 1. The summed E-state index contributed by atoms with van der Waals surface area (Å²) in [5, 5.41) is 0. The summed E-state index contributed by atoms with van der Waals surface area (Å²) < 4.78 is 44.7. The van der Waals surface area contributed by atoms with Crippen molar-refractivity contribution >= 4 is 19.8 Å². The van der Waals surface area contributed by atoms with E-state index in [1.165, 1.54) is 43.2 Å². The predicted octanol–water partition coefficient (Wildman–Crippen LogP) is 10.8. The molecule has 2 heterocycles. The van der Waals surface area contributed by atoms with E-state index in [4.69, 9.17) is 33.4 Å². The largest absolute Gasteiger partial charge is 0.472 e. The van der Waals surface area contributed by atoms with Gasteiger partial charge in [-0.15, -0.1) is 0 Å². The van der Waals surface area contributed by atoms with Gasteiger partial charge in [0.2, 0.25) is 0 Å². The zero-order valence-electron chi connectivity index (χ0n) is 35.7. The van der Waals surface area contributed by atoms with Gasteiger partial charge in [-0.3, -0.25) is 18.6 Å². The van der Waals surface area contributed by atoms with Crippen LogP contribution >= 0.6 is 7.82 Å². The molecule has 0 bridgehead atoms. The first-order valence-electron chi connectivity index (χ1n) is 21.9. The summed E-state index contributed by atoms with van der Waals surface area (Å²) in [5.41, 5.74) is 7.97. The molecule has 11 nitrogen and oxygen atoms in total. The fraction of sp³-hybridized carbons (Fsp3) is 0.733. The molecule has 0 saturated carbocycles. The van der Waals surface area contributed by atoms with E-state index >= 15 is 0 Å². The highest BCUT2D eigenvalue weighted by Gasteiger charge is 2.36. The van der Waals surface area contributed by atoms with Crippen LogP contribution < -0.4 is 5.73 Å². The molecule has 0 spiro atoms. The number of allylic oxidation sites excluding steroid dienone is 4. The van der Waals surface area contributed by atoms with E-state index < -0.39 is 32.5 Å². The van der Waals surface area contributed by atoms with Gasteiger partial charge in [-0.25, -0.2) is 4.57 Å². The van der Waals surface area contributed by atoms with Crippen LogP contribution in [0, 0.1) is 13.8 Å². The highest BCUT2D eigenvalue weighted by molar-refractivity contribution is 7.47. The lowest BCUT2D eigenvalue weighted by Crippen LogP contribution is -2.29. The van der Waals surface area contributed by atoms with Crippen LogP contribution in [0.4, 0.5) is 0 Å². The van der Waals surface area contributed by atoms with Crippen LogP contribution in [0.2, 0.25) is 0 Å². The lowest BCUT2D eigenvalue weighted by molar-refractivity contribution is -0.161. The highest BCUT2D eigenvalue weighted by Crippen LogP contribution is 2.43. The number of unbranched alkanes of at least 4 members (excludes halogenated alkanes) is 11. The van der Waals surface area contributed by atoms with E-state index in [9.17, 15) is 19.0 Å². The number of esters is 2. The molecule has 3 unspecified atom stereocenters. The van der Waals surface area contributed by atoms with Crippen LogP contribution in [-0.4, -0.2) is 61.5 Å². The minimum Gasteiger partial charge on any atom is -0.466 e. The van der Waals surface area contributed by atoms with E-state index in [1.54, 1.807) is 0 Å². The van der Waals surface area contributed by atoms with Crippen LogP contribution in [0.3, 0.4) is 0 Å². The maximum atomic E-state index is 12.6. The molecule has 0 amide bonds. The van der Waals surface area contributed by atoms with Crippen molar-refractivity contribution in [1.29, 1.82) is 0 Å². The van der Waals surface area contributed by atoms with Crippen LogP contribution in [-0.2, 0) is 50.3 Å². The SMILES string of the molecule is CCCCC/C=C\C/C=C\CC1OC1C/C=C\CCCC(=O)OC[C@H](COP(=O)(O)OCCN)OC(=O)CCCCCCCCCCc1oc(CCC)c(C)c1C. The Kier molecular flexibility index (Phi) is 27.9. The molecular formula is C45H76NO10P. The molecule has 3 N–H and O–H groups in total. The molecule has 1 aliphatic heterocycles. The maximum Gasteiger partial charge on any atom is 0.472 e. The quantitative estimate of drug-likeness (QED) is 0.0218. The molecule has 326 valence electrons. The van der Waals surface area contributed by atoms with Crippen molar-refractivity contribution in [3.8, 4) is 0 Å². The van der Waals surface area contributed by atoms with E-state index in [-0.39, 0.29) is 44.8 Å². The molecule has 4 atom stereocenters. The zero-order valence-corrected chi connectivity index (χ0v) is 36.6. The number of epoxide rings is 1. The fourth-order valence-corrected chi connectivity index (χ4v) is 7.24. The summed E-state index contributed by atoms with van der Waals surface area (Å²) in [7, 11) is -4.41. The van der Waals surface area contributed by atoms with Crippen molar-refractivity contribution in [2.45, 2.75) is 187 Å². The number of hydrogen-bond acceptors (Lipinski definition) is 10. The van der Waals surface area contributed by atoms with Gasteiger partial charge in [0.15, 0.2) is 6.10 Å². The second-order valence-corrected chi connectivity index (χ2v) is 16.6. The van der Waals surface area contributed by atoms with Crippen molar-refractivity contribution in [3.05, 3.63) is 59.1 Å². The Morgan fingerprint density at radius 1 is 0.719 bits per heavy atom. The molecule has 0 radical (unpaired) electrons. The fourth-order valence-electron chi connectivity index (χ4n) is 6.48. The number of nitrogens with two attached hydrogens (primary N) is 1. The number of carbonyl (C=O) groups is 2. The van der Waals surface area contributed by atoms with Crippen LogP contribution in [0.15, 0.2) is 40.9 Å². The zero-order chi connectivity index (χ0) is 41.6. The van der Waals surface area contributed by atoms with Gasteiger partial charge in [-0.05, 0) is 89.2 Å².